The molecule has 4 heteroatoms. The Labute approximate surface area is 120 Å². The van der Waals surface area contributed by atoms with Gasteiger partial charge in [-0.25, -0.2) is 0 Å². The zero-order chi connectivity index (χ0) is 14.1. The SMILES string of the molecule is O=C(O)Cc1cc(-c2ccc(Cl)cc2)c2coccc1-2. The van der Waals surface area contributed by atoms with E-state index >= 15 is 0 Å². The fraction of sp³-hybridized carbons (Fsp3) is 0.0625. The molecular formula is C16H11ClO3. The lowest BCUT2D eigenvalue weighted by Gasteiger charge is -2.04. The molecule has 2 aliphatic rings. The minimum absolute atomic E-state index is 0.00585. The minimum atomic E-state index is -0.847. The van der Waals surface area contributed by atoms with E-state index in [9.17, 15) is 4.79 Å². The number of rotatable bonds is 3. The molecule has 3 nitrogen and oxygen atoms in total. The number of benzene rings is 1. The highest BCUT2D eigenvalue weighted by Gasteiger charge is 2.18. The number of hydrogen-bond donors (Lipinski definition) is 1. The summed E-state index contributed by atoms with van der Waals surface area (Å²) < 4.78 is 5.22. The molecule has 0 amide bonds. The first-order valence-corrected chi connectivity index (χ1v) is 6.48. The topological polar surface area (TPSA) is 50.4 Å². The molecule has 1 aromatic rings. The maximum Gasteiger partial charge on any atom is 0.307 e. The number of carboxylic acid groups (broad SMARTS) is 1. The van der Waals surface area contributed by atoms with Crippen molar-refractivity contribution in [2.45, 2.75) is 6.42 Å². The third kappa shape index (κ3) is 2.28. The summed E-state index contributed by atoms with van der Waals surface area (Å²) in [5.41, 5.74) is 4.54. The molecule has 100 valence electrons. The summed E-state index contributed by atoms with van der Waals surface area (Å²) >= 11 is 5.90. The second-order valence-corrected chi connectivity index (χ2v) is 4.98. The molecule has 0 aromatic heterocycles. The Bertz CT molecular complexity index is 728. The van der Waals surface area contributed by atoms with E-state index in [-0.39, 0.29) is 6.42 Å². The lowest BCUT2D eigenvalue weighted by molar-refractivity contribution is -0.136. The molecule has 0 radical (unpaired) electrons. The number of carbonyl (C=O) groups is 1. The largest absolute Gasteiger partial charge is 0.481 e. The smallest absolute Gasteiger partial charge is 0.307 e. The van der Waals surface area contributed by atoms with Crippen LogP contribution < -0.4 is 0 Å². The van der Waals surface area contributed by atoms with Crippen LogP contribution >= 0.6 is 11.6 Å². The van der Waals surface area contributed by atoms with Crippen molar-refractivity contribution in [3.63, 3.8) is 0 Å². The van der Waals surface area contributed by atoms with E-state index in [0.717, 1.165) is 27.8 Å². The second-order valence-electron chi connectivity index (χ2n) is 4.54. The van der Waals surface area contributed by atoms with Crippen LogP contribution in [-0.2, 0) is 11.2 Å². The van der Waals surface area contributed by atoms with Crippen molar-refractivity contribution in [3.8, 4) is 22.3 Å². The summed E-state index contributed by atoms with van der Waals surface area (Å²) in [6.45, 7) is 0. The molecule has 20 heavy (non-hydrogen) atoms. The Hall–Kier alpha value is -2.26. The van der Waals surface area contributed by atoms with Crippen molar-refractivity contribution in [3.05, 3.63) is 59.5 Å². The van der Waals surface area contributed by atoms with Crippen molar-refractivity contribution in [1.82, 2.24) is 0 Å². The van der Waals surface area contributed by atoms with Gasteiger partial charge in [0, 0.05) is 10.6 Å². The molecule has 0 bridgehead atoms. The monoisotopic (exact) mass is 286 g/mol. The molecule has 0 saturated heterocycles. The van der Waals surface area contributed by atoms with Crippen molar-refractivity contribution in [2.75, 3.05) is 0 Å². The van der Waals surface area contributed by atoms with Gasteiger partial charge in [-0.3, -0.25) is 4.79 Å². The Morgan fingerprint density at radius 3 is 2.55 bits per heavy atom. The van der Waals surface area contributed by atoms with Crippen LogP contribution in [-0.4, -0.2) is 11.1 Å². The summed E-state index contributed by atoms with van der Waals surface area (Å²) in [7, 11) is 0. The maximum atomic E-state index is 11.0. The fourth-order valence-electron chi connectivity index (χ4n) is 2.36. The van der Waals surface area contributed by atoms with E-state index in [1.54, 1.807) is 18.6 Å². The Morgan fingerprint density at radius 2 is 1.85 bits per heavy atom. The predicted molar refractivity (Wildman–Crippen MR) is 77.1 cm³/mol. The number of aliphatic carboxylic acids is 1. The molecule has 1 heterocycles. The second kappa shape index (κ2) is 5.02. The molecule has 1 aliphatic heterocycles. The molecule has 0 saturated carbocycles. The van der Waals surface area contributed by atoms with Gasteiger partial charge >= 0.3 is 5.97 Å². The van der Waals surface area contributed by atoms with E-state index in [1.165, 1.54) is 0 Å². The molecule has 0 atom stereocenters. The summed E-state index contributed by atoms with van der Waals surface area (Å²) in [6.07, 6.45) is 3.19. The summed E-state index contributed by atoms with van der Waals surface area (Å²) in [5.74, 6) is -0.847. The van der Waals surface area contributed by atoms with Crippen LogP contribution in [0.25, 0.3) is 22.3 Å². The molecular weight excluding hydrogens is 276 g/mol. The van der Waals surface area contributed by atoms with E-state index in [2.05, 4.69) is 0 Å². The number of carboxylic acids is 1. The number of halogens is 1. The average Bonchev–Trinajstić information content (AvgIpc) is 2.78. The van der Waals surface area contributed by atoms with Gasteiger partial charge < -0.3 is 9.52 Å². The summed E-state index contributed by atoms with van der Waals surface area (Å²) in [6, 6.07) is 11.1. The molecule has 0 unspecified atom stereocenters. The van der Waals surface area contributed by atoms with Gasteiger partial charge in [0.15, 0.2) is 0 Å². The lowest BCUT2D eigenvalue weighted by atomic mass is 10.0. The van der Waals surface area contributed by atoms with Gasteiger partial charge in [-0.1, -0.05) is 23.7 Å². The maximum absolute atomic E-state index is 11.0. The highest BCUT2D eigenvalue weighted by molar-refractivity contribution is 6.30. The number of hydrogen-bond acceptors (Lipinski definition) is 2. The van der Waals surface area contributed by atoms with Crippen LogP contribution in [0.15, 0.2) is 53.3 Å². The Morgan fingerprint density at radius 1 is 1.10 bits per heavy atom. The van der Waals surface area contributed by atoms with E-state index in [0.29, 0.717) is 5.02 Å². The molecule has 0 spiro atoms. The average molecular weight is 287 g/mol. The molecule has 0 fully saturated rings. The molecule has 1 aliphatic carbocycles. The van der Waals surface area contributed by atoms with Crippen LogP contribution in [0.5, 0.6) is 0 Å². The fourth-order valence-corrected chi connectivity index (χ4v) is 2.49. The molecule has 3 rings (SSSR count). The highest BCUT2D eigenvalue weighted by atomic mass is 35.5. The molecule has 1 N–H and O–H groups in total. The van der Waals surface area contributed by atoms with Gasteiger partial charge in [-0.05, 0) is 46.5 Å². The lowest BCUT2D eigenvalue weighted by Crippen LogP contribution is -1.99. The van der Waals surface area contributed by atoms with Gasteiger partial charge in [-0.2, -0.15) is 0 Å². The van der Waals surface area contributed by atoms with Crippen molar-refractivity contribution < 1.29 is 14.3 Å². The predicted octanol–water partition coefficient (Wildman–Crippen LogP) is 4.33. The third-order valence-corrected chi connectivity index (χ3v) is 3.49. The van der Waals surface area contributed by atoms with Crippen LogP contribution in [0.1, 0.15) is 5.56 Å². The van der Waals surface area contributed by atoms with Crippen LogP contribution in [0.4, 0.5) is 0 Å². The Kier molecular flexibility index (Phi) is 3.20. The highest BCUT2D eigenvalue weighted by Crippen LogP contribution is 2.39. The van der Waals surface area contributed by atoms with Crippen LogP contribution in [0, 0.1) is 0 Å². The van der Waals surface area contributed by atoms with Gasteiger partial charge in [0.25, 0.3) is 0 Å². The number of fused-ring (bicyclic) bond motifs is 1. The van der Waals surface area contributed by atoms with Crippen molar-refractivity contribution in [1.29, 1.82) is 0 Å². The van der Waals surface area contributed by atoms with E-state index < -0.39 is 5.97 Å². The van der Waals surface area contributed by atoms with Gasteiger partial charge in [0.1, 0.15) is 0 Å². The molecule has 1 aromatic carbocycles. The van der Waals surface area contributed by atoms with E-state index in [4.69, 9.17) is 21.1 Å². The first-order valence-electron chi connectivity index (χ1n) is 6.10. The van der Waals surface area contributed by atoms with E-state index in [1.807, 2.05) is 30.3 Å². The van der Waals surface area contributed by atoms with Gasteiger partial charge in [0.05, 0.1) is 18.9 Å². The zero-order valence-electron chi connectivity index (χ0n) is 10.5. The zero-order valence-corrected chi connectivity index (χ0v) is 11.2. The first-order chi connectivity index (χ1) is 9.65. The van der Waals surface area contributed by atoms with Crippen LogP contribution in [0.3, 0.4) is 0 Å². The quantitative estimate of drug-likeness (QED) is 0.779. The third-order valence-electron chi connectivity index (χ3n) is 3.24. The standard InChI is InChI=1S/C16H11ClO3/c17-12-3-1-10(2-4-12)14-7-11(8-16(18)19)13-5-6-20-9-15(13)14/h1-7,9H,8H2,(H,18,19). The summed E-state index contributed by atoms with van der Waals surface area (Å²) in [5, 5.41) is 9.67. The van der Waals surface area contributed by atoms with Gasteiger partial charge in [-0.15, -0.1) is 0 Å². The first kappa shape index (κ1) is 12.8. The Balaban J connectivity index is 2.15. The summed E-state index contributed by atoms with van der Waals surface area (Å²) in [4.78, 5) is 11.0. The van der Waals surface area contributed by atoms with Crippen molar-refractivity contribution >= 4 is 17.6 Å². The van der Waals surface area contributed by atoms with Crippen molar-refractivity contribution in [2.24, 2.45) is 0 Å². The van der Waals surface area contributed by atoms with Gasteiger partial charge in [0.2, 0.25) is 0 Å². The normalized spacial score (nSPS) is 10.8. The van der Waals surface area contributed by atoms with Crippen LogP contribution in [0.2, 0.25) is 5.02 Å². The minimum Gasteiger partial charge on any atom is -0.481 e.